The Hall–Kier alpha value is -1.94. The first kappa shape index (κ1) is 16.4. The van der Waals surface area contributed by atoms with Crippen molar-refractivity contribution >= 4 is 17.5 Å². The van der Waals surface area contributed by atoms with Crippen molar-refractivity contribution in [3.63, 3.8) is 0 Å². The molecule has 0 radical (unpaired) electrons. The smallest absolute Gasteiger partial charge is 0.255 e. The van der Waals surface area contributed by atoms with Gasteiger partial charge in [0.25, 0.3) is 6.43 Å². The van der Waals surface area contributed by atoms with Gasteiger partial charge in [-0.1, -0.05) is 60.1 Å². The fourth-order valence-corrected chi connectivity index (χ4v) is 2.57. The number of benzene rings is 2. The van der Waals surface area contributed by atoms with E-state index < -0.39 is 18.9 Å². The summed E-state index contributed by atoms with van der Waals surface area (Å²) in [5.41, 5.74) is 1.73. The van der Waals surface area contributed by atoms with Gasteiger partial charge in [0.2, 0.25) is 5.91 Å². The van der Waals surface area contributed by atoms with E-state index in [1.807, 2.05) is 48.5 Å². The summed E-state index contributed by atoms with van der Waals surface area (Å²) in [6, 6.07) is 16.7. The number of carbonyl (C=O) groups excluding carboxylic acids is 1. The Morgan fingerprint density at radius 1 is 1.05 bits per heavy atom. The summed E-state index contributed by atoms with van der Waals surface area (Å²) in [4.78, 5) is 11.9. The molecule has 0 aromatic heterocycles. The van der Waals surface area contributed by atoms with Crippen LogP contribution in [0.1, 0.15) is 23.5 Å². The predicted octanol–water partition coefficient (Wildman–Crippen LogP) is 4.24. The quantitative estimate of drug-likeness (QED) is 0.846. The van der Waals surface area contributed by atoms with Crippen LogP contribution < -0.4 is 5.32 Å². The molecule has 2 rings (SSSR count). The van der Waals surface area contributed by atoms with Crippen LogP contribution in [-0.2, 0) is 4.79 Å². The minimum atomic E-state index is -2.56. The predicted molar refractivity (Wildman–Crippen MR) is 83.4 cm³/mol. The molecule has 22 heavy (non-hydrogen) atoms. The number of alkyl halides is 2. The molecule has 2 nitrogen and oxygen atoms in total. The van der Waals surface area contributed by atoms with Crippen LogP contribution in [0.4, 0.5) is 8.78 Å². The Balaban J connectivity index is 2.24. The fourth-order valence-electron chi connectivity index (χ4n) is 2.30. The Kier molecular flexibility index (Phi) is 5.90. The van der Waals surface area contributed by atoms with Crippen LogP contribution in [0.2, 0.25) is 5.02 Å². The van der Waals surface area contributed by atoms with Crippen molar-refractivity contribution in [3.8, 4) is 0 Å². The molecule has 0 spiro atoms. The molecule has 0 heterocycles. The van der Waals surface area contributed by atoms with Gasteiger partial charge in [-0.15, -0.1) is 0 Å². The maximum atomic E-state index is 12.2. The summed E-state index contributed by atoms with van der Waals surface area (Å²) < 4.78 is 24.4. The zero-order valence-corrected chi connectivity index (χ0v) is 12.6. The molecule has 0 aliphatic rings. The van der Waals surface area contributed by atoms with Crippen LogP contribution in [0, 0.1) is 0 Å². The van der Waals surface area contributed by atoms with Gasteiger partial charge in [-0.05, 0) is 17.2 Å². The minimum absolute atomic E-state index is 0.0699. The first-order chi connectivity index (χ1) is 10.6. The molecule has 0 saturated heterocycles. The SMILES string of the molecule is O=C(C[C@H](c1ccccc1)c1ccccc1Cl)NCC(F)F. The average Bonchev–Trinajstić information content (AvgIpc) is 2.52. The van der Waals surface area contributed by atoms with E-state index in [9.17, 15) is 13.6 Å². The van der Waals surface area contributed by atoms with Crippen LogP contribution in [0.5, 0.6) is 0 Å². The third-order valence-corrected chi connectivity index (χ3v) is 3.67. The number of halogens is 3. The fraction of sp³-hybridized carbons (Fsp3) is 0.235. The first-order valence-electron chi connectivity index (χ1n) is 6.92. The Labute approximate surface area is 133 Å². The van der Waals surface area contributed by atoms with E-state index >= 15 is 0 Å². The molecule has 0 saturated carbocycles. The molecule has 116 valence electrons. The average molecular weight is 324 g/mol. The lowest BCUT2D eigenvalue weighted by molar-refractivity contribution is -0.121. The van der Waals surface area contributed by atoms with E-state index in [0.29, 0.717) is 5.02 Å². The highest BCUT2D eigenvalue weighted by atomic mass is 35.5. The number of hydrogen-bond donors (Lipinski definition) is 1. The van der Waals surface area contributed by atoms with Crippen molar-refractivity contribution in [2.45, 2.75) is 18.8 Å². The molecule has 2 aromatic carbocycles. The van der Waals surface area contributed by atoms with Crippen molar-refractivity contribution in [1.82, 2.24) is 5.32 Å². The molecule has 5 heteroatoms. The highest BCUT2D eigenvalue weighted by Crippen LogP contribution is 2.32. The third-order valence-electron chi connectivity index (χ3n) is 3.33. The van der Waals surface area contributed by atoms with Crippen LogP contribution in [0.3, 0.4) is 0 Å². The number of amides is 1. The van der Waals surface area contributed by atoms with Crippen molar-refractivity contribution in [2.75, 3.05) is 6.54 Å². The normalized spacial score (nSPS) is 12.2. The molecule has 0 bridgehead atoms. The van der Waals surface area contributed by atoms with Crippen LogP contribution in [-0.4, -0.2) is 18.9 Å². The van der Waals surface area contributed by atoms with Crippen molar-refractivity contribution in [3.05, 3.63) is 70.7 Å². The Bertz CT molecular complexity index is 619. The molecule has 1 N–H and O–H groups in total. The first-order valence-corrected chi connectivity index (χ1v) is 7.30. The van der Waals surface area contributed by atoms with E-state index in [1.54, 1.807) is 6.07 Å². The summed E-state index contributed by atoms with van der Waals surface area (Å²) in [5.74, 6) is -0.693. The lowest BCUT2D eigenvalue weighted by atomic mass is 9.88. The molecule has 1 atom stereocenters. The number of rotatable bonds is 6. The van der Waals surface area contributed by atoms with Gasteiger partial charge >= 0.3 is 0 Å². The molecule has 1 amide bonds. The van der Waals surface area contributed by atoms with Gasteiger partial charge in [0.05, 0.1) is 6.54 Å². The molecule has 0 unspecified atom stereocenters. The maximum absolute atomic E-state index is 12.2. The third kappa shape index (κ3) is 4.53. The highest BCUT2D eigenvalue weighted by Gasteiger charge is 2.20. The summed E-state index contributed by atoms with van der Waals surface area (Å²) in [7, 11) is 0. The second-order valence-electron chi connectivity index (χ2n) is 4.88. The zero-order valence-electron chi connectivity index (χ0n) is 11.8. The summed E-state index contributed by atoms with van der Waals surface area (Å²) in [6.07, 6.45) is -2.49. The monoisotopic (exact) mass is 323 g/mol. The van der Waals surface area contributed by atoms with E-state index in [-0.39, 0.29) is 12.3 Å². The van der Waals surface area contributed by atoms with Gasteiger partial charge in [0.1, 0.15) is 0 Å². The number of carbonyl (C=O) groups is 1. The van der Waals surface area contributed by atoms with Crippen LogP contribution >= 0.6 is 11.6 Å². The Morgan fingerprint density at radius 2 is 1.68 bits per heavy atom. The van der Waals surface area contributed by atoms with E-state index in [2.05, 4.69) is 5.32 Å². The summed E-state index contributed by atoms with van der Waals surface area (Å²) >= 11 is 6.23. The van der Waals surface area contributed by atoms with E-state index in [4.69, 9.17) is 11.6 Å². The van der Waals surface area contributed by atoms with Crippen LogP contribution in [0.25, 0.3) is 0 Å². The molecule has 0 aliphatic heterocycles. The second kappa shape index (κ2) is 7.90. The molecular weight excluding hydrogens is 308 g/mol. The maximum Gasteiger partial charge on any atom is 0.255 e. The van der Waals surface area contributed by atoms with Gasteiger partial charge in [0, 0.05) is 17.4 Å². The standard InChI is InChI=1S/C17H16ClF2NO/c18-15-9-5-4-8-13(15)14(12-6-2-1-3-7-12)10-17(22)21-11-16(19)20/h1-9,14,16H,10-11H2,(H,21,22)/t14-/m1/s1. The van der Waals surface area contributed by atoms with Crippen molar-refractivity contribution in [1.29, 1.82) is 0 Å². The van der Waals surface area contributed by atoms with Gasteiger partial charge in [-0.3, -0.25) is 4.79 Å². The largest absolute Gasteiger partial charge is 0.350 e. The van der Waals surface area contributed by atoms with Gasteiger partial charge in [0.15, 0.2) is 0 Å². The lowest BCUT2D eigenvalue weighted by Crippen LogP contribution is -2.29. The van der Waals surface area contributed by atoms with Crippen molar-refractivity contribution in [2.24, 2.45) is 0 Å². The minimum Gasteiger partial charge on any atom is -0.350 e. The lowest BCUT2D eigenvalue weighted by Gasteiger charge is -2.19. The number of hydrogen-bond acceptors (Lipinski definition) is 1. The molecule has 0 aliphatic carbocycles. The number of nitrogens with one attached hydrogen (secondary N) is 1. The van der Waals surface area contributed by atoms with Crippen LogP contribution in [0.15, 0.2) is 54.6 Å². The molecule has 2 aromatic rings. The summed E-state index contributed by atoms with van der Waals surface area (Å²) in [5, 5.41) is 2.79. The molecule has 0 fully saturated rings. The highest BCUT2D eigenvalue weighted by molar-refractivity contribution is 6.31. The van der Waals surface area contributed by atoms with Gasteiger partial charge < -0.3 is 5.32 Å². The van der Waals surface area contributed by atoms with Crippen molar-refractivity contribution < 1.29 is 13.6 Å². The van der Waals surface area contributed by atoms with E-state index in [1.165, 1.54) is 0 Å². The second-order valence-corrected chi connectivity index (χ2v) is 5.29. The summed E-state index contributed by atoms with van der Waals surface area (Å²) in [6.45, 7) is -0.636. The zero-order chi connectivity index (χ0) is 15.9. The van der Waals surface area contributed by atoms with Gasteiger partial charge in [-0.2, -0.15) is 0 Å². The Morgan fingerprint density at radius 3 is 2.32 bits per heavy atom. The van der Waals surface area contributed by atoms with Gasteiger partial charge in [-0.25, -0.2) is 8.78 Å². The van der Waals surface area contributed by atoms with E-state index in [0.717, 1.165) is 11.1 Å². The topological polar surface area (TPSA) is 29.1 Å². The molecular formula is C17H16ClF2NO.